The van der Waals surface area contributed by atoms with E-state index in [9.17, 15) is 18.0 Å². The molecule has 150 valence electrons. The minimum Gasteiger partial charge on any atom is -0.337 e. The summed E-state index contributed by atoms with van der Waals surface area (Å²) in [7, 11) is 3.40. The predicted octanol–water partition coefficient (Wildman–Crippen LogP) is 5.96. The largest absolute Gasteiger partial charge is 0.416 e. The van der Waals surface area contributed by atoms with Gasteiger partial charge in [0, 0.05) is 24.0 Å². The van der Waals surface area contributed by atoms with Gasteiger partial charge in [0.25, 0.3) is 5.91 Å². The van der Waals surface area contributed by atoms with Gasteiger partial charge in [0.05, 0.1) is 22.0 Å². The Kier molecular flexibility index (Phi) is 5.08. The molecule has 4 rings (SSSR count). The lowest BCUT2D eigenvalue weighted by Crippen LogP contribution is -2.24. The van der Waals surface area contributed by atoms with E-state index in [0.717, 1.165) is 39.5 Å². The summed E-state index contributed by atoms with van der Waals surface area (Å²) in [6.45, 7) is 0. The molecule has 4 nitrogen and oxygen atoms in total. The first-order valence-electron chi connectivity index (χ1n) is 8.32. The first kappa shape index (κ1) is 20.2. The normalized spacial score (nSPS) is 20.8. The molecule has 2 aliphatic heterocycles. The zero-order valence-corrected chi connectivity index (χ0v) is 17.5. The van der Waals surface area contributed by atoms with E-state index >= 15 is 0 Å². The molecule has 0 unspecified atom stereocenters. The zero-order valence-electron chi connectivity index (χ0n) is 15.1. The fourth-order valence-electron chi connectivity index (χ4n) is 2.86. The molecule has 0 atom stereocenters. The Bertz CT molecular complexity index is 1080. The van der Waals surface area contributed by atoms with Crippen molar-refractivity contribution in [3.05, 3.63) is 63.0 Å². The maximum absolute atomic E-state index is 12.9. The van der Waals surface area contributed by atoms with Crippen molar-refractivity contribution in [1.82, 2.24) is 4.90 Å². The van der Waals surface area contributed by atoms with Gasteiger partial charge in [-0.05, 0) is 48.2 Å². The Morgan fingerprint density at radius 2 is 1.79 bits per heavy atom. The van der Waals surface area contributed by atoms with Crippen molar-refractivity contribution in [2.75, 3.05) is 19.0 Å². The summed E-state index contributed by atoms with van der Waals surface area (Å²) in [4.78, 5) is 21.7. The van der Waals surface area contributed by atoms with Gasteiger partial charge in [-0.1, -0.05) is 29.4 Å². The van der Waals surface area contributed by atoms with Crippen molar-refractivity contribution in [3.63, 3.8) is 0 Å². The summed E-state index contributed by atoms with van der Waals surface area (Å²) < 4.78 is 38.8. The number of anilines is 1. The van der Waals surface area contributed by atoms with Crippen LogP contribution in [-0.4, -0.2) is 30.1 Å². The maximum atomic E-state index is 12.9. The van der Waals surface area contributed by atoms with E-state index in [1.54, 1.807) is 13.1 Å². The molecule has 0 saturated carbocycles. The van der Waals surface area contributed by atoms with Crippen LogP contribution in [0, 0.1) is 0 Å². The molecule has 29 heavy (non-hydrogen) atoms. The van der Waals surface area contributed by atoms with Crippen LogP contribution >= 0.6 is 35.1 Å². The van der Waals surface area contributed by atoms with Crippen LogP contribution in [0.15, 0.2) is 62.3 Å². The van der Waals surface area contributed by atoms with Crippen LogP contribution < -0.4 is 4.90 Å². The van der Waals surface area contributed by atoms with Crippen molar-refractivity contribution in [2.45, 2.75) is 11.1 Å². The van der Waals surface area contributed by atoms with E-state index in [1.165, 1.54) is 28.8 Å². The van der Waals surface area contributed by atoms with Crippen LogP contribution in [0.2, 0.25) is 5.02 Å². The van der Waals surface area contributed by atoms with E-state index in [-0.39, 0.29) is 11.6 Å². The van der Waals surface area contributed by atoms with E-state index in [1.807, 2.05) is 24.1 Å². The van der Waals surface area contributed by atoms with Crippen LogP contribution in [0.5, 0.6) is 0 Å². The molecule has 2 aromatic carbocycles. The molecular formula is C19H13ClF3N3OS2. The SMILES string of the molecule is CN1C(=O)/C(=C2/Sc3ccc(Cl)cc3N2C)SC1=Nc1cccc(C(F)(F)F)c1. The van der Waals surface area contributed by atoms with Crippen LogP contribution in [0.3, 0.4) is 0 Å². The average molecular weight is 456 g/mol. The van der Waals surface area contributed by atoms with Crippen molar-refractivity contribution in [1.29, 1.82) is 0 Å². The molecular weight excluding hydrogens is 443 g/mol. The first-order valence-corrected chi connectivity index (χ1v) is 10.3. The second kappa shape index (κ2) is 7.30. The number of aliphatic imine (C=N–C) groups is 1. The summed E-state index contributed by atoms with van der Waals surface area (Å²) in [5.74, 6) is -0.256. The number of alkyl halides is 3. The van der Waals surface area contributed by atoms with Gasteiger partial charge in [-0.3, -0.25) is 9.69 Å². The highest BCUT2D eigenvalue weighted by molar-refractivity contribution is 8.19. The quantitative estimate of drug-likeness (QED) is 0.497. The van der Waals surface area contributed by atoms with Crippen LogP contribution in [-0.2, 0) is 11.0 Å². The minimum absolute atomic E-state index is 0.135. The molecule has 2 aromatic rings. The molecule has 0 aliphatic carbocycles. The Morgan fingerprint density at radius 3 is 2.52 bits per heavy atom. The smallest absolute Gasteiger partial charge is 0.337 e. The molecule has 0 radical (unpaired) electrons. The summed E-state index contributed by atoms with van der Waals surface area (Å²) in [5.41, 5.74) is 0.244. The number of fused-ring (bicyclic) bond motifs is 1. The lowest BCUT2D eigenvalue weighted by atomic mass is 10.2. The van der Waals surface area contributed by atoms with Gasteiger partial charge < -0.3 is 4.90 Å². The lowest BCUT2D eigenvalue weighted by Gasteiger charge is -2.14. The van der Waals surface area contributed by atoms with Gasteiger partial charge in [0.2, 0.25) is 0 Å². The van der Waals surface area contributed by atoms with E-state index in [4.69, 9.17) is 11.6 Å². The van der Waals surface area contributed by atoms with E-state index in [0.29, 0.717) is 15.1 Å². The molecule has 0 spiro atoms. The summed E-state index contributed by atoms with van der Waals surface area (Å²) in [6.07, 6.45) is -4.45. The van der Waals surface area contributed by atoms with Crippen molar-refractivity contribution >= 4 is 57.6 Å². The van der Waals surface area contributed by atoms with Gasteiger partial charge in [-0.25, -0.2) is 4.99 Å². The average Bonchev–Trinajstić information content (AvgIpc) is 3.13. The zero-order chi connectivity index (χ0) is 20.9. The molecule has 10 heteroatoms. The van der Waals surface area contributed by atoms with Crippen LogP contribution in [0.4, 0.5) is 24.5 Å². The Hall–Kier alpha value is -2.10. The van der Waals surface area contributed by atoms with E-state index < -0.39 is 11.7 Å². The standard InChI is InChI=1S/C19H13ClF3N3OS2/c1-25-13-9-11(20)6-7-14(13)28-17(25)15-16(27)26(2)18(29-15)24-12-5-3-4-10(8-12)19(21,22)23/h3-9H,1-2H3/b17-15-,24-18?. The number of hydrogen-bond donors (Lipinski definition) is 0. The van der Waals surface area contributed by atoms with Gasteiger partial charge >= 0.3 is 6.18 Å². The maximum Gasteiger partial charge on any atom is 0.416 e. The van der Waals surface area contributed by atoms with Gasteiger partial charge in [0.15, 0.2) is 5.17 Å². The molecule has 1 amide bonds. The van der Waals surface area contributed by atoms with Crippen LogP contribution in [0.1, 0.15) is 5.56 Å². The van der Waals surface area contributed by atoms with Crippen molar-refractivity contribution in [3.8, 4) is 0 Å². The van der Waals surface area contributed by atoms with Crippen molar-refractivity contribution in [2.24, 2.45) is 4.99 Å². The number of thioether (sulfide) groups is 2. The molecule has 0 N–H and O–H groups in total. The Labute approximate surface area is 178 Å². The minimum atomic E-state index is -4.45. The van der Waals surface area contributed by atoms with Crippen molar-refractivity contribution < 1.29 is 18.0 Å². The fraction of sp³-hybridized carbons (Fsp3) is 0.158. The number of carbonyl (C=O) groups is 1. The molecule has 2 aliphatic rings. The summed E-state index contributed by atoms with van der Waals surface area (Å²) in [5, 5.41) is 1.65. The molecule has 2 heterocycles. The second-order valence-corrected chi connectivity index (χ2v) is 8.76. The topological polar surface area (TPSA) is 35.9 Å². The summed E-state index contributed by atoms with van der Waals surface area (Å²) >= 11 is 8.66. The number of hydrogen-bond acceptors (Lipinski definition) is 5. The third-order valence-corrected chi connectivity index (χ3v) is 7.09. The number of carbonyl (C=O) groups excluding carboxylic acids is 1. The third kappa shape index (κ3) is 3.74. The Balaban J connectivity index is 1.68. The number of amidine groups is 1. The number of nitrogens with zero attached hydrogens (tertiary/aromatic N) is 3. The van der Waals surface area contributed by atoms with E-state index in [2.05, 4.69) is 4.99 Å². The fourth-order valence-corrected chi connectivity index (χ4v) is 5.34. The molecule has 1 saturated heterocycles. The van der Waals surface area contributed by atoms with Gasteiger partial charge in [-0.2, -0.15) is 13.2 Å². The van der Waals surface area contributed by atoms with Crippen LogP contribution in [0.25, 0.3) is 0 Å². The molecule has 0 aromatic heterocycles. The number of benzene rings is 2. The number of likely N-dealkylation sites (N-methyl/N-ethyl adjacent to an activating group) is 1. The highest BCUT2D eigenvalue weighted by Gasteiger charge is 2.37. The number of rotatable bonds is 1. The summed E-state index contributed by atoms with van der Waals surface area (Å²) in [6, 6.07) is 10.2. The molecule has 1 fully saturated rings. The third-order valence-electron chi connectivity index (χ3n) is 4.37. The molecule has 0 bridgehead atoms. The highest BCUT2D eigenvalue weighted by Crippen LogP contribution is 2.50. The Morgan fingerprint density at radius 1 is 1.03 bits per heavy atom. The monoisotopic (exact) mass is 455 g/mol. The van der Waals surface area contributed by atoms with Gasteiger partial charge in [-0.15, -0.1) is 0 Å². The predicted molar refractivity (Wildman–Crippen MR) is 112 cm³/mol. The lowest BCUT2D eigenvalue weighted by molar-refractivity contribution is -0.137. The first-order chi connectivity index (χ1) is 13.6. The number of halogens is 4. The number of amides is 1. The second-order valence-electron chi connectivity index (χ2n) is 6.32. The highest BCUT2D eigenvalue weighted by atomic mass is 35.5. The van der Waals surface area contributed by atoms with Gasteiger partial charge in [0.1, 0.15) is 4.91 Å².